The van der Waals surface area contributed by atoms with Crippen molar-refractivity contribution in [3.05, 3.63) is 0 Å². The summed E-state index contributed by atoms with van der Waals surface area (Å²) in [5.74, 6) is -1.51. The topological polar surface area (TPSA) is 0 Å². The maximum Gasteiger partial charge on any atom is 0.394 e. The molecule has 0 saturated carbocycles. The highest BCUT2D eigenvalue weighted by Crippen LogP contribution is 2.56. The Bertz CT molecular complexity index is 601. The van der Waals surface area contributed by atoms with Crippen LogP contribution in [0.5, 0.6) is 0 Å². The van der Waals surface area contributed by atoms with E-state index in [0.29, 0.717) is 0 Å². The van der Waals surface area contributed by atoms with Crippen molar-refractivity contribution in [2.45, 2.75) is 138 Å². The predicted molar refractivity (Wildman–Crippen MR) is 123 cm³/mol. The van der Waals surface area contributed by atoms with Gasteiger partial charge in [-0.3, -0.25) is 0 Å². The zero-order valence-corrected chi connectivity index (χ0v) is 22.3. The summed E-state index contributed by atoms with van der Waals surface area (Å²) in [5.41, 5.74) is -6.48. The van der Waals surface area contributed by atoms with Gasteiger partial charge in [0.2, 0.25) is 0 Å². The van der Waals surface area contributed by atoms with E-state index in [4.69, 9.17) is 0 Å². The van der Waals surface area contributed by atoms with Gasteiger partial charge < -0.3 is 0 Å². The summed E-state index contributed by atoms with van der Waals surface area (Å²) in [6, 6.07) is 0. The molecule has 0 saturated heterocycles. The SMILES string of the molecule is CCCC(CCCC(C)(C(C)C)C(F)(F)F)(CCCC(CC)(C(CC)CC)C(F)(F)F)C(F)(F)F. The summed E-state index contributed by atoms with van der Waals surface area (Å²) in [6.07, 6.45) is -16.1. The Morgan fingerprint density at radius 3 is 1.31 bits per heavy atom. The van der Waals surface area contributed by atoms with Crippen molar-refractivity contribution in [2.75, 3.05) is 0 Å². The lowest BCUT2D eigenvalue weighted by Crippen LogP contribution is -2.45. The van der Waals surface area contributed by atoms with Gasteiger partial charge in [0.25, 0.3) is 0 Å². The summed E-state index contributed by atoms with van der Waals surface area (Å²) >= 11 is 0. The lowest BCUT2D eigenvalue weighted by atomic mass is 9.65. The molecule has 3 unspecified atom stereocenters. The second kappa shape index (κ2) is 12.7. The van der Waals surface area contributed by atoms with E-state index >= 15 is 0 Å². The first-order valence-corrected chi connectivity index (χ1v) is 12.9. The molecule has 3 atom stereocenters. The largest absolute Gasteiger partial charge is 0.394 e. The maximum atomic E-state index is 14.4. The minimum Gasteiger partial charge on any atom is -0.171 e. The fourth-order valence-electron chi connectivity index (χ4n) is 5.89. The zero-order valence-electron chi connectivity index (χ0n) is 22.3. The Morgan fingerprint density at radius 2 is 1.03 bits per heavy atom. The second-order valence-corrected chi connectivity index (χ2v) is 10.8. The molecule has 0 aromatic rings. The molecule has 0 heterocycles. The molecule has 212 valence electrons. The molecule has 0 amide bonds. The van der Waals surface area contributed by atoms with Crippen molar-refractivity contribution in [1.29, 1.82) is 0 Å². The second-order valence-electron chi connectivity index (χ2n) is 10.8. The van der Waals surface area contributed by atoms with E-state index in [0.717, 1.165) is 6.92 Å². The molecule has 0 spiro atoms. The van der Waals surface area contributed by atoms with E-state index in [-0.39, 0.29) is 44.9 Å². The Balaban J connectivity index is 5.94. The lowest BCUT2D eigenvalue weighted by molar-refractivity contribution is -0.254. The van der Waals surface area contributed by atoms with Crippen LogP contribution in [0.15, 0.2) is 0 Å². The van der Waals surface area contributed by atoms with Gasteiger partial charge in [0.15, 0.2) is 0 Å². The van der Waals surface area contributed by atoms with Crippen molar-refractivity contribution < 1.29 is 39.5 Å². The van der Waals surface area contributed by atoms with Gasteiger partial charge in [0.05, 0.1) is 16.2 Å². The number of hydrogen-bond donors (Lipinski definition) is 0. The predicted octanol–water partition coefficient (Wildman–Crippen LogP) is 11.3. The summed E-state index contributed by atoms with van der Waals surface area (Å²) < 4.78 is 127. The molecule has 0 aliphatic rings. The fourth-order valence-corrected chi connectivity index (χ4v) is 5.89. The third-order valence-electron chi connectivity index (χ3n) is 8.84. The van der Waals surface area contributed by atoms with E-state index in [1.54, 1.807) is 20.8 Å². The Kier molecular flexibility index (Phi) is 12.5. The molecule has 0 aliphatic carbocycles. The van der Waals surface area contributed by atoms with Gasteiger partial charge in [0.1, 0.15) is 0 Å². The maximum absolute atomic E-state index is 14.4. The summed E-state index contributed by atoms with van der Waals surface area (Å²) in [6.45, 7) is 10.1. The van der Waals surface area contributed by atoms with Crippen molar-refractivity contribution in [2.24, 2.45) is 28.1 Å². The molecule has 0 radical (unpaired) electrons. The normalized spacial score (nSPS) is 19.0. The zero-order chi connectivity index (χ0) is 27.9. The number of halogens is 9. The highest BCUT2D eigenvalue weighted by molar-refractivity contribution is 4.94. The molecule has 0 aliphatic heterocycles. The lowest BCUT2D eigenvalue weighted by Gasteiger charge is -2.43. The Labute approximate surface area is 205 Å². The van der Waals surface area contributed by atoms with Crippen LogP contribution in [0.1, 0.15) is 119 Å². The quantitative estimate of drug-likeness (QED) is 0.185. The van der Waals surface area contributed by atoms with Crippen LogP contribution in [0.25, 0.3) is 0 Å². The molecule has 0 aromatic heterocycles. The molecular weight excluding hydrogens is 483 g/mol. The third kappa shape index (κ3) is 7.68. The molecule has 0 aromatic carbocycles. The molecule has 35 heavy (non-hydrogen) atoms. The van der Waals surface area contributed by atoms with Crippen molar-refractivity contribution in [1.82, 2.24) is 0 Å². The van der Waals surface area contributed by atoms with Crippen LogP contribution < -0.4 is 0 Å². The van der Waals surface area contributed by atoms with E-state index < -0.39 is 72.3 Å². The van der Waals surface area contributed by atoms with Gasteiger partial charge in [0, 0.05) is 0 Å². The highest BCUT2D eigenvalue weighted by atomic mass is 19.4. The van der Waals surface area contributed by atoms with Crippen LogP contribution in [0, 0.1) is 28.1 Å². The average molecular weight is 529 g/mol. The Hall–Kier alpha value is -0.630. The molecule has 0 fully saturated rings. The van der Waals surface area contributed by atoms with Crippen LogP contribution >= 0.6 is 0 Å². The molecule has 0 rings (SSSR count). The Morgan fingerprint density at radius 1 is 0.571 bits per heavy atom. The first-order valence-electron chi connectivity index (χ1n) is 12.9. The standard InChI is InChI=1S/C26H45F9/c1-8-14-22(25(30,31)32,16-12-15-21(7,19(5)6)24(27,28)29)17-13-18-23(11-4,26(33,34)35)20(9-2)10-3/h19-20H,8-18H2,1-7H3. The highest BCUT2D eigenvalue weighted by Gasteiger charge is 2.58. The van der Waals surface area contributed by atoms with Gasteiger partial charge in [-0.1, -0.05) is 80.6 Å². The van der Waals surface area contributed by atoms with Crippen molar-refractivity contribution in [3.8, 4) is 0 Å². The fraction of sp³-hybridized carbons (Fsp3) is 1.00. The smallest absolute Gasteiger partial charge is 0.171 e. The summed E-state index contributed by atoms with van der Waals surface area (Å²) in [7, 11) is 0. The van der Waals surface area contributed by atoms with Gasteiger partial charge >= 0.3 is 18.5 Å². The molecular formula is C26H45F9. The van der Waals surface area contributed by atoms with Crippen LogP contribution in [0.2, 0.25) is 0 Å². The molecule has 9 heteroatoms. The minimum atomic E-state index is -4.71. The van der Waals surface area contributed by atoms with Crippen molar-refractivity contribution in [3.63, 3.8) is 0 Å². The monoisotopic (exact) mass is 528 g/mol. The van der Waals surface area contributed by atoms with Crippen LogP contribution in [-0.2, 0) is 0 Å². The first kappa shape index (κ1) is 34.4. The van der Waals surface area contributed by atoms with Crippen LogP contribution in [-0.4, -0.2) is 18.5 Å². The molecule has 0 N–H and O–H groups in total. The van der Waals surface area contributed by atoms with Crippen molar-refractivity contribution >= 4 is 0 Å². The summed E-state index contributed by atoms with van der Waals surface area (Å²) in [5, 5.41) is 0. The summed E-state index contributed by atoms with van der Waals surface area (Å²) in [4.78, 5) is 0. The van der Waals surface area contributed by atoms with Gasteiger partial charge in [-0.2, -0.15) is 39.5 Å². The third-order valence-corrected chi connectivity index (χ3v) is 8.84. The van der Waals surface area contributed by atoms with Gasteiger partial charge in [-0.15, -0.1) is 0 Å². The molecule has 0 bridgehead atoms. The van der Waals surface area contributed by atoms with E-state index in [1.165, 1.54) is 20.8 Å². The number of alkyl halides is 9. The van der Waals surface area contributed by atoms with E-state index in [2.05, 4.69) is 0 Å². The van der Waals surface area contributed by atoms with Crippen LogP contribution in [0.3, 0.4) is 0 Å². The minimum absolute atomic E-state index is 0.144. The van der Waals surface area contributed by atoms with Gasteiger partial charge in [-0.05, 0) is 50.4 Å². The van der Waals surface area contributed by atoms with Gasteiger partial charge in [-0.25, -0.2) is 0 Å². The first-order chi connectivity index (χ1) is 15.7. The van der Waals surface area contributed by atoms with E-state index in [9.17, 15) is 39.5 Å². The van der Waals surface area contributed by atoms with Crippen LogP contribution in [0.4, 0.5) is 39.5 Å². The molecule has 0 nitrogen and oxygen atoms in total. The number of hydrogen-bond acceptors (Lipinski definition) is 0. The average Bonchev–Trinajstić information content (AvgIpc) is 2.70. The van der Waals surface area contributed by atoms with E-state index in [1.807, 2.05) is 0 Å². The number of rotatable bonds is 15.